The molecule has 1 aromatic heterocycles. The Bertz CT molecular complexity index is 519. The van der Waals surface area contributed by atoms with E-state index < -0.39 is 0 Å². The van der Waals surface area contributed by atoms with Gasteiger partial charge in [0.15, 0.2) is 0 Å². The van der Waals surface area contributed by atoms with Crippen LogP contribution in [0.1, 0.15) is 18.4 Å². The van der Waals surface area contributed by atoms with Crippen molar-refractivity contribution in [3.8, 4) is 11.5 Å². The highest BCUT2D eigenvalue weighted by molar-refractivity contribution is 5.94. The fourth-order valence-corrected chi connectivity index (χ4v) is 2.07. The maximum Gasteiger partial charge on any atom is 0.143 e. The van der Waals surface area contributed by atoms with Crippen LogP contribution in [0, 0.1) is 0 Å². The first-order chi connectivity index (χ1) is 8.22. The van der Waals surface area contributed by atoms with E-state index in [1.54, 1.807) is 14.2 Å². The molecular weight excluding hydrogens is 216 g/mol. The molecule has 0 fully saturated rings. The van der Waals surface area contributed by atoms with Crippen LogP contribution in [-0.4, -0.2) is 25.7 Å². The predicted octanol–water partition coefficient (Wildman–Crippen LogP) is 2.25. The second-order valence-electron chi connectivity index (χ2n) is 4.10. The van der Waals surface area contributed by atoms with Gasteiger partial charge < -0.3 is 20.2 Å². The minimum atomic E-state index is 0.282. The summed E-state index contributed by atoms with van der Waals surface area (Å²) >= 11 is 0. The van der Waals surface area contributed by atoms with Gasteiger partial charge in [0, 0.05) is 11.6 Å². The van der Waals surface area contributed by atoms with Crippen molar-refractivity contribution in [2.75, 3.05) is 20.8 Å². The van der Waals surface area contributed by atoms with Gasteiger partial charge in [0.1, 0.15) is 11.5 Å². The number of nitrogens with one attached hydrogen (secondary N) is 1. The first-order valence-corrected chi connectivity index (χ1v) is 5.65. The van der Waals surface area contributed by atoms with Gasteiger partial charge in [-0.25, -0.2) is 0 Å². The van der Waals surface area contributed by atoms with Crippen molar-refractivity contribution < 1.29 is 9.47 Å². The molecule has 17 heavy (non-hydrogen) atoms. The van der Waals surface area contributed by atoms with E-state index in [1.165, 1.54) is 5.56 Å². The maximum absolute atomic E-state index is 5.73. The van der Waals surface area contributed by atoms with Gasteiger partial charge in [0.05, 0.1) is 19.7 Å². The third kappa shape index (κ3) is 1.85. The van der Waals surface area contributed by atoms with Crippen molar-refractivity contribution in [1.29, 1.82) is 0 Å². The largest absolute Gasteiger partial charge is 0.496 e. The van der Waals surface area contributed by atoms with Crippen LogP contribution in [0.5, 0.6) is 11.5 Å². The third-order valence-electron chi connectivity index (χ3n) is 3.11. The average molecular weight is 234 g/mol. The van der Waals surface area contributed by atoms with Crippen LogP contribution < -0.4 is 15.2 Å². The van der Waals surface area contributed by atoms with E-state index in [-0.39, 0.29) is 5.92 Å². The quantitative estimate of drug-likeness (QED) is 0.853. The molecule has 1 aromatic carbocycles. The Hall–Kier alpha value is -1.68. The van der Waals surface area contributed by atoms with Gasteiger partial charge in [-0.15, -0.1) is 0 Å². The number of fused-ring (bicyclic) bond motifs is 1. The molecule has 1 atom stereocenters. The number of benzene rings is 1. The Balaban J connectivity index is 2.71. The van der Waals surface area contributed by atoms with Gasteiger partial charge in [-0.1, -0.05) is 6.92 Å². The zero-order chi connectivity index (χ0) is 12.4. The number of H-pyrrole nitrogens is 1. The Kier molecular flexibility index (Phi) is 3.24. The number of hydrogen-bond donors (Lipinski definition) is 2. The monoisotopic (exact) mass is 234 g/mol. The van der Waals surface area contributed by atoms with E-state index >= 15 is 0 Å². The standard InChI is InChI=1S/C13H18N2O2/c1-8(6-14)9-7-15-13-11(17-3)5-4-10(16-2)12(9)13/h4-5,7-8,15H,6,14H2,1-3H3. The molecule has 4 nitrogen and oxygen atoms in total. The highest BCUT2D eigenvalue weighted by Crippen LogP contribution is 2.37. The molecule has 0 bridgehead atoms. The topological polar surface area (TPSA) is 60.3 Å². The highest BCUT2D eigenvalue weighted by atomic mass is 16.5. The number of ether oxygens (including phenoxy) is 2. The van der Waals surface area contributed by atoms with E-state index in [1.807, 2.05) is 18.3 Å². The van der Waals surface area contributed by atoms with E-state index in [0.717, 1.165) is 22.4 Å². The van der Waals surface area contributed by atoms with Crippen LogP contribution in [0.25, 0.3) is 10.9 Å². The highest BCUT2D eigenvalue weighted by Gasteiger charge is 2.16. The number of nitrogens with two attached hydrogens (primary N) is 1. The van der Waals surface area contributed by atoms with Gasteiger partial charge >= 0.3 is 0 Å². The van der Waals surface area contributed by atoms with Crippen molar-refractivity contribution >= 4 is 10.9 Å². The molecule has 0 saturated heterocycles. The van der Waals surface area contributed by atoms with Crippen molar-refractivity contribution in [3.63, 3.8) is 0 Å². The molecule has 0 aliphatic rings. The summed E-state index contributed by atoms with van der Waals surface area (Å²) in [6.07, 6.45) is 1.98. The summed E-state index contributed by atoms with van der Waals surface area (Å²) in [5, 5.41) is 1.06. The number of aromatic nitrogens is 1. The van der Waals surface area contributed by atoms with Crippen LogP contribution in [-0.2, 0) is 0 Å². The van der Waals surface area contributed by atoms with E-state index in [4.69, 9.17) is 15.2 Å². The molecule has 3 N–H and O–H groups in total. The molecule has 2 rings (SSSR count). The van der Waals surface area contributed by atoms with Crippen LogP contribution in [0.3, 0.4) is 0 Å². The lowest BCUT2D eigenvalue weighted by atomic mass is 10.00. The number of aromatic amines is 1. The zero-order valence-corrected chi connectivity index (χ0v) is 10.4. The van der Waals surface area contributed by atoms with Gasteiger partial charge in [-0.05, 0) is 30.2 Å². The molecule has 92 valence electrons. The lowest BCUT2D eigenvalue weighted by Crippen LogP contribution is -2.08. The minimum Gasteiger partial charge on any atom is -0.496 e. The second-order valence-corrected chi connectivity index (χ2v) is 4.10. The van der Waals surface area contributed by atoms with Gasteiger partial charge in [0.2, 0.25) is 0 Å². The molecule has 4 heteroatoms. The Morgan fingerprint density at radius 2 is 1.88 bits per heavy atom. The minimum absolute atomic E-state index is 0.282. The van der Waals surface area contributed by atoms with E-state index in [9.17, 15) is 0 Å². The molecular formula is C13H18N2O2. The van der Waals surface area contributed by atoms with Gasteiger partial charge in [-0.3, -0.25) is 0 Å². The summed E-state index contributed by atoms with van der Waals surface area (Å²) in [5.74, 6) is 1.94. The molecule has 0 spiro atoms. The van der Waals surface area contributed by atoms with Crippen molar-refractivity contribution in [1.82, 2.24) is 4.98 Å². The number of rotatable bonds is 4. The van der Waals surface area contributed by atoms with E-state index in [0.29, 0.717) is 6.54 Å². The van der Waals surface area contributed by atoms with Crippen LogP contribution in [0.15, 0.2) is 18.3 Å². The molecule has 2 aromatic rings. The van der Waals surface area contributed by atoms with Crippen molar-refractivity contribution in [3.05, 3.63) is 23.9 Å². The molecule has 0 aliphatic heterocycles. The first-order valence-electron chi connectivity index (χ1n) is 5.65. The lowest BCUT2D eigenvalue weighted by Gasteiger charge is -2.11. The fraction of sp³-hybridized carbons (Fsp3) is 0.385. The van der Waals surface area contributed by atoms with Crippen LogP contribution in [0.2, 0.25) is 0 Å². The summed E-state index contributed by atoms with van der Waals surface area (Å²) in [5.41, 5.74) is 7.86. The van der Waals surface area contributed by atoms with Crippen molar-refractivity contribution in [2.45, 2.75) is 12.8 Å². The maximum atomic E-state index is 5.73. The predicted molar refractivity (Wildman–Crippen MR) is 68.9 cm³/mol. The normalized spacial score (nSPS) is 12.7. The number of hydrogen-bond acceptors (Lipinski definition) is 3. The molecule has 1 heterocycles. The molecule has 0 saturated carbocycles. The Morgan fingerprint density at radius 3 is 2.47 bits per heavy atom. The van der Waals surface area contributed by atoms with E-state index in [2.05, 4.69) is 11.9 Å². The SMILES string of the molecule is COc1ccc(OC)c2c(C(C)CN)c[nH]c12. The average Bonchev–Trinajstić information content (AvgIpc) is 2.81. The van der Waals surface area contributed by atoms with Gasteiger partial charge in [-0.2, -0.15) is 0 Å². The molecule has 0 radical (unpaired) electrons. The van der Waals surface area contributed by atoms with Crippen molar-refractivity contribution in [2.24, 2.45) is 5.73 Å². The smallest absolute Gasteiger partial charge is 0.143 e. The molecule has 1 unspecified atom stereocenters. The third-order valence-corrected chi connectivity index (χ3v) is 3.11. The summed E-state index contributed by atoms with van der Waals surface area (Å²) < 4.78 is 10.7. The van der Waals surface area contributed by atoms with Crippen LogP contribution >= 0.6 is 0 Å². The summed E-state index contributed by atoms with van der Waals surface area (Å²) in [6.45, 7) is 2.70. The zero-order valence-electron chi connectivity index (χ0n) is 10.4. The summed E-state index contributed by atoms with van der Waals surface area (Å²) in [7, 11) is 3.33. The van der Waals surface area contributed by atoms with Gasteiger partial charge in [0.25, 0.3) is 0 Å². The first kappa shape index (κ1) is 11.8. The lowest BCUT2D eigenvalue weighted by molar-refractivity contribution is 0.410. The summed E-state index contributed by atoms with van der Waals surface area (Å²) in [4.78, 5) is 3.24. The Morgan fingerprint density at radius 1 is 1.24 bits per heavy atom. The fourth-order valence-electron chi connectivity index (χ4n) is 2.07. The summed E-state index contributed by atoms with van der Waals surface area (Å²) in [6, 6.07) is 3.82. The number of methoxy groups -OCH3 is 2. The Labute approximate surface area is 101 Å². The molecule has 0 aliphatic carbocycles. The van der Waals surface area contributed by atoms with Crippen LogP contribution in [0.4, 0.5) is 0 Å². The second kappa shape index (κ2) is 4.67. The molecule has 0 amide bonds.